The number of hydrogen-bond acceptors (Lipinski definition) is 2. The van der Waals surface area contributed by atoms with E-state index in [-0.39, 0.29) is 11.3 Å². The minimum atomic E-state index is 0.189. The van der Waals surface area contributed by atoms with Crippen molar-refractivity contribution in [2.45, 2.75) is 52.9 Å². The van der Waals surface area contributed by atoms with Gasteiger partial charge in [0.25, 0.3) is 0 Å². The highest BCUT2D eigenvalue weighted by atomic mass is 16.1. The number of amides is 1. The molecule has 0 aromatic rings. The Morgan fingerprint density at radius 3 is 2.59 bits per heavy atom. The van der Waals surface area contributed by atoms with Crippen LogP contribution in [0.25, 0.3) is 0 Å². The Balaban J connectivity index is 2.11. The third-order valence-electron chi connectivity index (χ3n) is 3.90. The highest BCUT2D eigenvalue weighted by molar-refractivity contribution is 5.75. The number of carbonyl (C=O) groups excluding carboxylic acids is 1. The summed E-state index contributed by atoms with van der Waals surface area (Å²) in [4.78, 5) is 11.7. The van der Waals surface area contributed by atoms with Gasteiger partial charge < -0.3 is 11.1 Å². The van der Waals surface area contributed by atoms with Gasteiger partial charge >= 0.3 is 0 Å². The van der Waals surface area contributed by atoms with E-state index in [0.717, 1.165) is 25.3 Å². The van der Waals surface area contributed by atoms with Gasteiger partial charge in [0, 0.05) is 13.0 Å². The molecule has 0 radical (unpaired) electrons. The second-order valence-electron chi connectivity index (χ2n) is 6.32. The summed E-state index contributed by atoms with van der Waals surface area (Å²) >= 11 is 0. The van der Waals surface area contributed by atoms with Crippen molar-refractivity contribution in [3.63, 3.8) is 0 Å². The summed E-state index contributed by atoms with van der Waals surface area (Å²) in [6, 6.07) is 0. The highest BCUT2D eigenvalue weighted by Crippen LogP contribution is 2.36. The molecule has 3 heteroatoms. The molecule has 17 heavy (non-hydrogen) atoms. The zero-order valence-electron chi connectivity index (χ0n) is 11.6. The fourth-order valence-electron chi connectivity index (χ4n) is 2.16. The van der Waals surface area contributed by atoms with Gasteiger partial charge in [0.2, 0.25) is 5.91 Å². The maximum atomic E-state index is 11.7. The van der Waals surface area contributed by atoms with E-state index in [1.807, 2.05) is 0 Å². The van der Waals surface area contributed by atoms with Crippen LogP contribution < -0.4 is 11.1 Å². The van der Waals surface area contributed by atoms with Crippen molar-refractivity contribution < 1.29 is 4.79 Å². The molecular weight excluding hydrogens is 212 g/mol. The van der Waals surface area contributed by atoms with Gasteiger partial charge in [-0.1, -0.05) is 20.8 Å². The van der Waals surface area contributed by atoms with Crippen LogP contribution in [0.5, 0.6) is 0 Å². The number of hydrogen-bond donors (Lipinski definition) is 2. The van der Waals surface area contributed by atoms with Gasteiger partial charge in [-0.15, -0.1) is 0 Å². The van der Waals surface area contributed by atoms with E-state index in [1.54, 1.807) is 0 Å². The molecular formula is C14H28N2O. The molecule has 0 aliphatic heterocycles. The van der Waals surface area contributed by atoms with Crippen LogP contribution in [-0.2, 0) is 4.79 Å². The lowest BCUT2D eigenvalue weighted by Crippen LogP contribution is -2.30. The van der Waals surface area contributed by atoms with E-state index in [9.17, 15) is 4.79 Å². The molecule has 1 aliphatic rings. The first-order chi connectivity index (χ1) is 7.94. The molecule has 1 unspecified atom stereocenters. The molecule has 3 nitrogen and oxygen atoms in total. The average molecular weight is 240 g/mol. The second kappa shape index (κ2) is 6.39. The standard InChI is InChI=1S/C14H28N2O/c1-11(12-4-5-12)10-16-13(17)6-7-14(2,3)8-9-15/h11-12H,4-10,15H2,1-3H3,(H,16,17). The Hall–Kier alpha value is -0.570. The fourth-order valence-corrected chi connectivity index (χ4v) is 2.16. The van der Waals surface area contributed by atoms with E-state index in [2.05, 4.69) is 26.1 Å². The van der Waals surface area contributed by atoms with Gasteiger partial charge in [-0.25, -0.2) is 0 Å². The average Bonchev–Trinajstić information content (AvgIpc) is 3.06. The van der Waals surface area contributed by atoms with Crippen LogP contribution in [0.3, 0.4) is 0 Å². The van der Waals surface area contributed by atoms with E-state index >= 15 is 0 Å². The van der Waals surface area contributed by atoms with E-state index < -0.39 is 0 Å². The molecule has 0 aromatic heterocycles. The number of carbonyl (C=O) groups is 1. The van der Waals surface area contributed by atoms with Gasteiger partial charge in [-0.3, -0.25) is 4.79 Å². The van der Waals surface area contributed by atoms with Crippen molar-refractivity contribution in [1.82, 2.24) is 5.32 Å². The molecule has 0 saturated heterocycles. The molecule has 0 heterocycles. The summed E-state index contributed by atoms with van der Waals surface area (Å²) in [6.45, 7) is 8.14. The van der Waals surface area contributed by atoms with Crippen molar-refractivity contribution in [2.75, 3.05) is 13.1 Å². The van der Waals surface area contributed by atoms with E-state index in [4.69, 9.17) is 5.73 Å². The monoisotopic (exact) mass is 240 g/mol. The number of nitrogens with one attached hydrogen (secondary N) is 1. The maximum Gasteiger partial charge on any atom is 0.220 e. The normalized spacial score (nSPS) is 17.9. The number of rotatable bonds is 8. The molecule has 1 rings (SSSR count). The van der Waals surface area contributed by atoms with Crippen LogP contribution in [0.1, 0.15) is 52.9 Å². The van der Waals surface area contributed by atoms with Crippen molar-refractivity contribution in [2.24, 2.45) is 23.0 Å². The molecule has 0 spiro atoms. The van der Waals surface area contributed by atoms with Gasteiger partial charge in [0.15, 0.2) is 0 Å². The third kappa shape index (κ3) is 6.06. The second-order valence-corrected chi connectivity index (χ2v) is 6.32. The molecule has 1 saturated carbocycles. The van der Waals surface area contributed by atoms with Gasteiger partial charge in [0.05, 0.1) is 0 Å². The maximum absolute atomic E-state index is 11.7. The zero-order chi connectivity index (χ0) is 12.9. The predicted molar refractivity (Wildman–Crippen MR) is 71.6 cm³/mol. The quantitative estimate of drug-likeness (QED) is 0.684. The van der Waals surface area contributed by atoms with Crippen LogP contribution in [0, 0.1) is 17.3 Å². The lowest BCUT2D eigenvalue weighted by Gasteiger charge is -2.23. The largest absolute Gasteiger partial charge is 0.356 e. The van der Waals surface area contributed by atoms with Crippen molar-refractivity contribution >= 4 is 5.91 Å². The third-order valence-corrected chi connectivity index (χ3v) is 3.90. The predicted octanol–water partition coefficient (Wildman–Crippen LogP) is 2.30. The molecule has 1 atom stereocenters. The molecule has 100 valence electrons. The van der Waals surface area contributed by atoms with Crippen LogP contribution in [0.15, 0.2) is 0 Å². The topological polar surface area (TPSA) is 55.1 Å². The molecule has 3 N–H and O–H groups in total. The lowest BCUT2D eigenvalue weighted by molar-refractivity contribution is -0.121. The molecule has 1 fully saturated rings. The van der Waals surface area contributed by atoms with Crippen LogP contribution in [0.2, 0.25) is 0 Å². The zero-order valence-corrected chi connectivity index (χ0v) is 11.6. The molecule has 1 amide bonds. The van der Waals surface area contributed by atoms with E-state index in [1.165, 1.54) is 12.8 Å². The molecule has 0 aromatic carbocycles. The van der Waals surface area contributed by atoms with Crippen LogP contribution in [-0.4, -0.2) is 19.0 Å². The SMILES string of the molecule is CC(CNC(=O)CCC(C)(C)CCN)C1CC1. The van der Waals surface area contributed by atoms with Gasteiger partial charge in [-0.2, -0.15) is 0 Å². The van der Waals surface area contributed by atoms with Crippen molar-refractivity contribution in [3.8, 4) is 0 Å². The van der Waals surface area contributed by atoms with Crippen LogP contribution in [0.4, 0.5) is 0 Å². The van der Waals surface area contributed by atoms with Crippen LogP contribution >= 0.6 is 0 Å². The summed E-state index contributed by atoms with van der Waals surface area (Å²) in [5.74, 6) is 1.71. The first kappa shape index (κ1) is 14.5. The molecule has 1 aliphatic carbocycles. The Kier molecular flexibility index (Phi) is 5.44. The smallest absolute Gasteiger partial charge is 0.220 e. The first-order valence-electron chi connectivity index (χ1n) is 6.91. The Bertz CT molecular complexity index is 247. The van der Waals surface area contributed by atoms with Crippen molar-refractivity contribution in [1.29, 1.82) is 0 Å². The first-order valence-corrected chi connectivity index (χ1v) is 6.91. The summed E-state index contributed by atoms with van der Waals surface area (Å²) in [6.07, 6.45) is 5.23. The minimum absolute atomic E-state index is 0.189. The molecule has 0 bridgehead atoms. The Morgan fingerprint density at radius 2 is 2.06 bits per heavy atom. The Morgan fingerprint density at radius 1 is 1.41 bits per heavy atom. The van der Waals surface area contributed by atoms with Crippen molar-refractivity contribution in [3.05, 3.63) is 0 Å². The highest BCUT2D eigenvalue weighted by Gasteiger charge is 2.28. The summed E-state index contributed by atoms with van der Waals surface area (Å²) in [7, 11) is 0. The summed E-state index contributed by atoms with van der Waals surface area (Å²) in [5.41, 5.74) is 5.75. The van der Waals surface area contributed by atoms with Gasteiger partial charge in [-0.05, 0) is 49.5 Å². The Labute approximate surface area is 106 Å². The summed E-state index contributed by atoms with van der Waals surface area (Å²) in [5, 5.41) is 3.05. The minimum Gasteiger partial charge on any atom is -0.356 e. The van der Waals surface area contributed by atoms with Gasteiger partial charge in [0.1, 0.15) is 0 Å². The lowest BCUT2D eigenvalue weighted by atomic mass is 9.84. The number of nitrogens with two attached hydrogens (primary N) is 1. The summed E-state index contributed by atoms with van der Waals surface area (Å²) < 4.78 is 0. The fraction of sp³-hybridized carbons (Fsp3) is 0.929. The van der Waals surface area contributed by atoms with E-state index in [0.29, 0.717) is 18.9 Å².